The Kier molecular flexibility index (Phi) is 3.63. The normalized spacial score (nSPS) is 11.4. The standard InChI is InChI=1S/C18H15N3O/c1-12-7-8-15-16(9-12)21-18(20-15)14(11-19)10-13-5-3-4-6-17(13)22-2/h3-10H,1-2H3,(H,20,21)/b14-10-. The van der Waals surface area contributed by atoms with Crippen LogP contribution in [0.3, 0.4) is 0 Å². The Morgan fingerprint density at radius 1 is 1.27 bits per heavy atom. The van der Waals surface area contributed by atoms with Crippen LogP contribution in [-0.2, 0) is 0 Å². The van der Waals surface area contributed by atoms with Gasteiger partial charge in [0.2, 0.25) is 0 Å². The average Bonchev–Trinajstić information content (AvgIpc) is 2.95. The van der Waals surface area contributed by atoms with Crippen molar-refractivity contribution in [2.24, 2.45) is 0 Å². The van der Waals surface area contributed by atoms with E-state index in [2.05, 4.69) is 16.0 Å². The van der Waals surface area contributed by atoms with E-state index in [0.717, 1.165) is 27.9 Å². The van der Waals surface area contributed by atoms with E-state index in [-0.39, 0.29) is 0 Å². The van der Waals surface area contributed by atoms with Crippen LogP contribution in [0.5, 0.6) is 5.75 Å². The number of para-hydroxylation sites is 1. The largest absolute Gasteiger partial charge is 0.496 e. The van der Waals surface area contributed by atoms with Crippen molar-refractivity contribution in [2.45, 2.75) is 6.92 Å². The Bertz CT molecular complexity index is 900. The molecule has 0 aliphatic rings. The zero-order valence-corrected chi connectivity index (χ0v) is 12.4. The molecule has 1 heterocycles. The second kappa shape index (κ2) is 5.74. The van der Waals surface area contributed by atoms with Gasteiger partial charge in [0.15, 0.2) is 0 Å². The summed E-state index contributed by atoms with van der Waals surface area (Å²) in [5, 5.41) is 9.47. The number of hydrogen-bond acceptors (Lipinski definition) is 3. The molecule has 4 nitrogen and oxygen atoms in total. The highest BCUT2D eigenvalue weighted by Crippen LogP contribution is 2.24. The van der Waals surface area contributed by atoms with Crippen LogP contribution in [0.2, 0.25) is 0 Å². The van der Waals surface area contributed by atoms with E-state index in [1.165, 1.54) is 0 Å². The summed E-state index contributed by atoms with van der Waals surface area (Å²) < 4.78 is 5.32. The van der Waals surface area contributed by atoms with Crippen LogP contribution in [0.1, 0.15) is 17.0 Å². The van der Waals surface area contributed by atoms with Gasteiger partial charge in [-0.1, -0.05) is 24.3 Å². The Morgan fingerprint density at radius 2 is 2.09 bits per heavy atom. The minimum Gasteiger partial charge on any atom is -0.496 e. The van der Waals surface area contributed by atoms with Crippen LogP contribution < -0.4 is 4.74 Å². The number of ether oxygens (including phenoxy) is 1. The molecule has 0 fully saturated rings. The average molecular weight is 289 g/mol. The molecule has 0 spiro atoms. The van der Waals surface area contributed by atoms with Gasteiger partial charge in [-0.3, -0.25) is 0 Å². The van der Waals surface area contributed by atoms with E-state index >= 15 is 0 Å². The number of hydrogen-bond donors (Lipinski definition) is 1. The van der Waals surface area contributed by atoms with E-state index in [4.69, 9.17) is 4.74 Å². The number of H-pyrrole nitrogens is 1. The zero-order valence-electron chi connectivity index (χ0n) is 12.4. The summed E-state index contributed by atoms with van der Waals surface area (Å²) in [6.07, 6.45) is 1.78. The number of aryl methyl sites for hydroxylation is 1. The third-order valence-corrected chi connectivity index (χ3v) is 3.45. The fourth-order valence-corrected chi connectivity index (χ4v) is 2.35. The smallest absolute Gasteiger partial charge is 0.149 e. The summed E-state index contributed by atoms with van der Waals surface area (Å²) in [7, 11) is 1.61. The number of nitriles is 1. The molecule has 2 aromatic carbocycles. The number of fused-ring (bicyclic) bond motifs is 1. The fraction of sp³-hybridized carbons (Fsp3) is 0.111. The van der Waals surface area contributed by atoms with Crippen molar-refractivity contribution in [3.05, 3.63) is 59.4 Å². The Morgan fingerprint density at radius 3 is 2.86 bits per heavy atom. The quantitative estimate of drug-likeness (QED) is 0.743. The minimum atomic E-state index is 0.471. The minimum absolute atomic E-state index is 0.471. The maximum Gasteiger partial charge on any atom is 0.149 e. The molecule has 0 aliphatic heterocycles. The fourth-order valence-electron chi connectivity index (χ4n) is 2.35. The van der Waals surface area contributed by atoms with Gasteiger partial charge in [-0.2, -0.15) is 5.26 Å². The first-order chi connectivity index (χ1) is 10.7. The van der Waals surface area contributed by atoms with Gasteiger partial charge in [-0.05, 0) is 36.8 Å². The molecule has 0 saturated heterocycles. The van der Waals surface area contributed by atoms with E-state index < -0.39 is 0 Å². The van der Waals surface area contributed by atoms with Gasteiger partial charge in [0.05, 0.1) is 23.7 Å². The molecule has 108 valence electrons. The molecular weight excluding hydrogens is 274 g/mol. The Balaban J connectivity index is 2.09. The van der Waals surface area contributed by atoms with Gasteiger partial charge in [0, 0.05) is 5.56 Å². The van der Waals surface area contributed by atoms with E-state index in [1.807, 2.05) is 49.4 Å². The van der Waals surface area contributed by atoms with Crippen LogP contribution in [-0.4, -0.2) is 17.1 Å². The number of allylic oxidation sites excluding steroid dienone is 1. The number of aromatic nitrogens is 2. The lowest BCUT2D eigenvalue weighted by molar-refractivity contribution is 0.414. The summed E-state index contributed by atoms with van der Waals surface area (Å²) >= 11 is 0. The number of aromatic amines is 1. The SMILES string of the molecule is COc1ccccc1/C=C(/C#N)c1nc2ccc(C)cc2[nH]1. The molecule has 0 bridgehead atoms. The van der Waals surface area contributed by atoms with Crippen molar-refractivity contribution in [2.75, 3.05) is 7.11 Å². The molecule has 0 radical (unpaired) electrons. The number of nitrogens with zero attached hydrogens (tertiary/aromatic N) is 2. The molecule has 3 rings (SSSR count). The molecule has 4 heteroatoms. The van der Waals surface area contributed by atoms with Gasteiger partial charge in [0.1, 0.15) is 17.6 Å². The Hall–Kier alpha value is -3.06. The first kappa shape index (κ1) is 13.9. The predicted molar refractivity (Wildman–Crippen MR) is 87.3 cm³/mol. The summed E-state index contributed by atoms with van der Waals surface area (Å²) in [6.45, 7) is 2.02. The summed E-state index contributed by atoms with van der Waals surface area (Å²) in [4.78, 5) is 7.69. The molecule has 0 unspecified atom stereocenters. The first-order valence-corrected chi connectivity index (χ1v) is 6.93. The molecule has 3 aromatic rings. The second-order valence-electron chi connectivity index (χ2n) is 5.02. The summed E-state index contributed by atoms with van der Waals surface area (Å²) in [6, 6.07) is 15.7. The Labute approximate surface area is 128 Å². The molecule has 0 aliphatic carbocycles. The number of rotatable bonds is 3. The second-order valence-corrected chi connectivity index (χ2v) is 5.02. The third-order valence-electron chi connectivity index (χ3n) is 3.45. The molecule has 0 amide bonds. The van der Waals surface area contributed by atoms with Crippen molar-refractivity contribution in [1.82, 2.24) is 9.97 Å². The van der Waals surface area contributed by atoms with Gasteiger partial charge in [-0.25, -0.2) is 4.98 Å². The number of imidazole rings is 1. The lowest BCUT2D eigenvalue weighted by Crippen LogP contribution is -1.89. The predicted octanol–water partition coefficient (Wildman–Crippen LogP) is 3.94. The third kappa shape index (κ3) is 2.57. The molecule has 22 heavy (non-hydrogen) atoms. The lowest BCUT2D eigenvalue weighted by atomic mass is 10.1. The van der Waals surface area contributed by atoms with Gasteiger partial charge in [0.25, 0.3) is 0 Å². The highest BCUT2D eigenvalue weighted by Gasteiger charge is 2.09. The number of methoxy groups -OCH3 is 1. The van der Waals surface area contributed by atoms with E-state index in [9.17, 15) is 5.26 Å². The molecular formula is C18H15N3O. The zero-order chi connectivity index (χ0) is 15.5. The molecule has 1 aromatic heterocycles. The van der Waals surface area contributed by atoms with Gasteiger partial charge < -0.3 is 9.72 Å². The number of benzene rings is 2. The highest BCUT2D eigenvalue weighted by atomic mass is 16.5. The molecule has 1 N–H and O–H groups in total. The topological polar surface area (TPSA) is 61.7 Å². The maximum atomic E-state index is 9.47. The van der Waals surface area contributed by atoms with Crippen molar-refractivity contribution in [3.8, 4) is 11.8 Å². The van der Waals surface area contributed by atoms with Crippen LogP contribution in [0.15, 0.2) is 42.5 Å². The summed E-state index contributed by atoms with van der Waals surface area (Å²) in [5.41, 5.74) is 4.24. The summed E-state index contributed by atoms with van der Waals surface area (Å²) in [5.74, 6) is 1.29. The highest BCUT2D eigenvalue weighted by molar-refractivity contribution is 5.91. The van der Waals surface area contributed by atoms with Crippen LogP contribution in [0.25, 0.3) is 22.7 Å². The van der Waals surface area contributed by atoms with Crippen molar-refractivity contribution in [1.29, 1.82) is 5.26 Å². The lowest BCUT2D eigenvalue weighted by Gasteiger charge is -2.03. The van der Waals surface area contributed by atoms with E-state index in [1.54, 1.807) is 13.2 Å². The van der Waals surface area contributed by atoms with Gasteiger partial charge in [-0.15, -0.1) is 0 Å². The van der Waals surface area contributed by atoms with Crippen LogP contribution in [0, 0.1) is 18.3 Å². The van der Waals surface area contributed by atoms with Crippen LogP contribution in [0.4, 0.5) is 0 Å². The molecule has 0 atom stereocenters. The maximum absolute atomic E-state index is 9.47. The molecule has 0 saturated carbocycles. The van der Waals surface area contributed by atoms with Crippen molar-refractivity contribution in [3.63, 3.8) is 0 Å². The monoisotopic (exact) mass is 289 g/mol. The first-order valence-electron chi connectivity index (χ1n) is 6.93. The van der Waals surface area contributed by atoms with Crippen LogP contribution >= 0.6 is 0 Å². The van der Waals surface area contributed by atoms with Crippen molar-refractivity contribution >= 4 is 22.7 Å². The van der Waals surface area contributed by atoms with Crippen molar-refractivity contribution < 1.29 is 4.74 Å². The van der Waals surface area contributed by atoms with Gasteiger partial charge >= 0.3 is 0 Å². The number of nitrogens with one attached hydrogen (secondary N) is 1. The van der Waals surface area contributed by atoms with E-state index in [0.29, 0.717) is 11.4 Å².